The van der Waals surface area contributed by atoms with Gasteiger partial charge in [0.1, 0.15) is 17.2 Å². The average molecular weight is 342 g/mol. The molecule has 2 N–H and O–H groups in total. The second kappa shape index (κ2) is 8.73. The van der Waals surface area contributed by atoms with Crippen molar-refractivity contribution in [1.29, 1.82) is 0 Å². The molecular weight excluding hydrogens is 320 g/mol. The Morgan fingerprint density at radius 2 is 1.92 bits per heavy atom. The van der Waals surface area contributed by atoms with Crippen molar-refractivity contribution in [2.45, 2.75) is 13.8 Å². The van der Waals surface area contributed by atoms with Gasteiger partial charge >= 0.3 is 0 Å². The van der Waals surface area contributed by atoms with E-state index < -0.39 is 11.8 Å². The van der Waals surface area contributed by atoms with E-state index in [9.17, 15) is 9.59 Å². The molecule has 2 amide bonds. The normalized spacial score (nSPS) is 11.3. The molecule has 0 bridgehead atoms. The molecule has 0 aliphatic heterocycles. The molecular formula is C19H22N2O4. The predicted molar refractivity (Wildman–Crippen MR) is 95.0 cm³/mol. The molecule has 1 aromatic heterocycles. The summed E-state index contributed by atoms with van der Waals surface area (Å²) in [5.41, 5.74) is 0.522. The van der Waals surface area contributed by atoms with Crippen molar-refractivity contribution in [3.63, 3.8) is 0 Å². The van der Waals surface area contributed by atoms with Crippen LogP contribution in [0.2, 0.25) is 0 Å². The molecule has 0 saturated heterocycles. The number of ether oxygens (including phenoxy) is 1. The Kier molecular flexibility index (Phi) is 6.39. The molecule has 1 aromatic carbocycles. The van der Waals surface area contributed by atoms with Crippen LogP contribution in [0.5, 0.6) is 5.75 Å². The number of hydrogen-bond acceptors (Lipinski definition) is 4. The highest BCUT2D eigenvalue weighted by Crippen LogP contribution is 2.14. The first-order valence-electron chi connectivity index (χ1n) is 8.01. The lowest BCUT2D eigenvalue weighted by atomic mass is 10.2. The smallest absolute Gasteiger partial charge is 0.267 e. The van der Waals surface area contributed by atoms with E-state index in [1.54, 1.807) is 36.4 Å². The molecule has 25 heavy (non-hydrogen) atoms. The summed E-state index contributed by atoms with van der Waals surface area (Å²) in [4.78, 5) is 24.3. The minimum Gasteiger partial charge on any atom is -0.493 e. The summed E-state index contributed by atoms with van der Waals surface area (Å²) in [5.74, 6) is 0.780. The Bertz CT molecular complexity index is 731. The minimum absolute atomic E-state index is 0.0996. The highest BCUT2D eigenvalue weighted by atomic mass is 16.5. The fraction of sp³-hybridized carbons (Fsp3) is 0.263. The van der Waals surface area contributed by atoms with Gasteiger partial charge in [0.2, 0.25) is 0 Å². The van der Waals surface area contributed by atoms with Crippen LogP contribution in [-0.2, 0) is 4.79 Å². The molecule has 2 aromatic rings. The van der Waals surface area contributed by atoms with E-state index in [1.807, 2.05) is 0 Å². The molecule has 6 heteroatoms. The van der Waals surface area contributed by atoms with Gasteiger partial charge in [-0.15, -0.1) is 0 Å². The third-order valence-electron chi connectivity index (χ3n) is 3.25. The van der Waals surface area contributed by atoms with E-state index in [4.69, 9.17) is 9.15 Å². The number of amides is 2. The quantitative estimate of drug-likeness (QED) is 0.758. The standard InChI is InChI=1S/C19H22N2O4/c1-13(2)12-25-15-8-6-14(7-9-15)18(22)21-17(19(23)20-3)11-16-5-4-10-24-16/h4-11,13H,12H2,1-3H3,(H,20,23)(H,21,22). The summed E-state index contributed by atoms with van der Waals surface area (Å²) < 4.78 is 10.8. The lowest BCUT2D eigenvalue weighted by molar-refractivity contribution is -0.117. The molecule has 0 radical (unpaired) electrons. The highest BCUT2D eigenvalue weighted by Gasteiger charge is 2.14. The van der Waals surface area contributed by atoms with Crippen LogP contribution in [0.25, 0.3) is 6.08 Å². The van der Waals surface area contributed by atoms with Gasteiger partial charge in [0.25, 0.3) is 11.8 Å². The molecule has 0 saturated carbocycles. The summed E-state index contributed by atoms with van der Waals surface area (Å²) in [6.45, 7) is 4.74. The molecule has 2 rings (SSSR count). The van der Waals surface area contributed by atoms with Gasteiger partial charge in [-0.2, -0.15) is 0 Å². The van der Waals surface area contributed by atoms with Gasteiger partial charge in [0.15, 0.2) is 0 Å². The first-order valence-corrected chi connectivity index (χ1v) is 8.01. The summed E-state index contributed by atoms with van der Waals surface area (Å²) >= 11 is 0. The SMILES string of the molecule is CNC(=O)C(=Cc1ccco1)NC(=O)c1ccc(OCC(C)C)cc1. The van der Waals surface area contributed by atoms with Crippen LogP contribution in [0.15, 0.2) is 52.8 Å². The maximum Gasteiger partial charge on any atom is 0.267 e. The number of rotatable bonds is 7. The fourth-order valence-electron chi connectivity index (χ4n) is 1.97. The molecule has 0 spiro atoms. The highest BCUT2D eigenvalue weighted by molar-refractivity contribution is 6.05. The Labute approximate surface area is 146 Å². The van der Waals surface area contributed by atoms with Crippen molar-refractivity contribution >= 4 is 17.9 Å². The van der Waals surface area contributed by atoms with Crippen LogP contribution in [0.3, 0.4) is 0 Å². The molecule has 132 valence electrons. The maximum absolute atomic E-state index is 12.4. The van der Waals surface area contributed by atoms with Crippen LogP contribution < -0.4 is 15.4 Å². The second-order valence-corrected chi connectivity index (χ2v) is 5.84. The van der Waals surface area contributed by atoms with Crippen molar-refractivity contribution < 1.29 is 18.7 Å². The summed E-state index contributed by atoms with van der Waals surface area (Å²) in [6.07, 6.45) is 2.96. The third-order valence-corrected chi connectivity index (χ3v) is 3.25. The number of nitrogens with one attached hydrogen (secondary N) is 2. The lowest BCUT2D eigenvalue weighted by Gasteiger charge is -2.10. The van der Waals surface area contributed by atoms with Crippen LogP contribution in [-0.4, -0.2) is 25.5 Å². The van der Waals surface area contributed by atoms with Crippen LogP contribution >= 0.6 is 0 Å². The lowest BCUT2D eigenvalue weighted by Crippen LogP contribution is -2.33. The van der Waals surface area contributed by atoms with Crippen molar-refractivity contribution in [2.75, 3.05) is 13.7 Å². The predicted octanol–water partition coefficient (Wildman–Crippen LogP) is 2.83. The van der Waals surface area contributed by atoms with E-state index >= 15 is 0 Å². The van der Waals surface area contributed by atoms with E-state index in [2.05, 4.69) is 24.5 Å². The van der Waals surface area contributed by atoms with Gasteiger partial charge in [-0.3, -0.25) is 9.59 Å². The van der Waals surface area contributed by atoms with Gasteiger partial charge in [0, 0.05) is 18.7 Å². The summed E-state index contributed by atoms with van der Waals surface area (Å²) in [7, 11) is 1.49. The van der Waals surface area contributed by atoms with Crippen molar-refractivity contribution in [3.05, 3.63) is 59.7 Å². The fourth-order valence-corrected chi connectivity index (χ4v) is 1.97. The van der Waals surface area contributed by atoms with E-state index in [1.165, 1.54) is 19.4 Å². The Morgan fingerprint density at radius 3 is 2.48 bits per heavy atom. The molecule has 0 unspecified atom stereocenters. The number of hydrogen-bond donors (Lipinski definition) is 2. The van der Waals surface area contributed by atoms with Gasteiger partial charge in [0.05, 0.1) is 12.9 Å². The van der Waals surface area contributed by atoms with Gasteiger partial charge in [-0.05, 0) is 42.3 Å². The average Bonchev–Trinajstić information content (AvgIpc) is 3.12. The van der Waals surface area contributed by atoms with Crippen LogP contribution in [0, 0.1) is 5.92 Å². The Hall–Kier alpha value is -3.02. The first-order chi connectivity index (χ1) is 12.0. The van der Waals surface area contributed by atoms with Crippen molar-refractivity contribution in [1.82, 2.24) is 10.6 Å². The number of carbonyl (C=O) groups excluding carboxylic acids is 2. The van der Waals surface area contributed by atoms with Crippen molar-refractivity contribution in [2.24, 2.45) is 5.92 Å². The molecule has 0 aliphatic rings. The largest absolute Gasteiger partial charge is 0.493 e. The van der Waals surface area contributed by atoms with E-state index in [0.717, 1.165) is 0 Å². The first kappa shape index (κ1) is 18.3. The Morgan fingerprint density at radius 1 is 1.20 bits per heavy atom. The monoisotopic (exact) mass is 342 g/mol. The summed E-state index contributed by atoms with van der Waals surface area (Å²) in [6, 6.07) is 10.2. The second-order valence-electron chi connectivity index (χ2n) is 5.84. The van der Waals surface area contributed by atoms with Crippen LogP contribution in [0.4, 0.5) is 0 Å². The number of benzene rings is 1. The van der Waals surface area contributed by atoms with E-state index in [-0.39, 0.29) is 5.70 Å². The zero-order chi connectivity index (χ0) is 18.2. The number of carbonyl (C=O) groups is 2. The summed E-state index contributed by atoms with van der Waals surface area (Å²) in [5, 5.41) is 5.09. The van der Waals surface area contributed by atoms with Crippen molar-refractivity contribution in [3.8, 4) is 5.75 Å². The van der Waals surface area contributed by atoms with E-state index in [0.29, 0.717) is 29.6 Å². The maximum atomic E-state index is 12.4. The number of likely N-dealkylation sites (N-methyl/N-ethyl adjacent to an activating group) is 1. The topological polar surface area (TPSA) is 80.6 Å². The molecule has 1 heterocycles. The third kappa shape index (κ3) is 5.53. The van der Waals surface area contributed by atoms with Gasteiger partial charge in [-0.25, -0.2) is 0 Å². The zero-order valence-electron chi connectivity index (χ0n) is 14.5. The molecule has 0 atom stereocenters. The Balaban J connectivity index is 2.09. The number of furan rings is 1. The minimum atomic E-state index is -0.415. The zero-order valence-corrected chi connectivity index (χ0v) is 14.5. The molecule has 6 nitrogen and oxygen atoms in total. The molecule has 0 aliphatic carbocycles. The van der Waals surface area contributed by atoms with Gasteiger partial charge < -0.3 is 19.8 Å². The van der Waals surface area contributed by atoms with Crippen LogP contribution in [0.1, 0.15) is 30.0 Å². The molecule has 0 fully saturated rings. The van der Waals surface area contributed by atoms with Gasteiger partial charge in [-0.1, -0.05) is 13.8 Å².